The summed E-state index contributed by atoms with van der Waals surface area (Å²) in [5.41, 5.74) is 6.66. The number of aromatic nitrogens is 2. The van der Waals surface area contributed by atoms with Gasteiger partial charge in [0.25, 0.3) is 0 Å². The zero-order chi connectivity index (χ0) is 15.2. The van der Waals surface area contributed by atoms with Crippen molar-refractivity contribution >= 4 is 0 Å². The van der Waals surface area contributed by atoms with E-state index in [2.05, 4.69) is 62.0 Å². The van der Waals surface area contributed by atoms with Gasteiger partial charge < -0.3 is 5.32 Å². The SMILES string of the molecule is CCNCCc1ccccc1Cn1nc(C)c(CC)c1C. The van der Waals surface area contributed by atoms with E-state index < -0.39 is 0 Å². The van der Waals surface area contributed by atoms with Crippen molar-refractivity contribution in [1.82, 2.24) is 15.1 Å². The summed E-state index contributed by atoms with van der Waals surface area (Å²) in [4.78, 5) is 0. The quantitative estimate of drug-likeness (QED) is 0.791. The topological polar surface area (TPSA) is 29.9 Å². The molecule has 2 aromatic rings. The molecule has 1 heterocycles. The molecular weight excluding hydrogens is 258 g/mol. The number of hydrogen-bond acceptors (Lipinski definition) is 2. The maximum Gasteiger partial charge on any atom is 0.0665 e. The number of rotatable bonds is 7. The molecule has 3 nitrogen and oxygen atoms in total. The summed E-state index contributed by atoms with van der Waals surface area (Å²) in [5.74, 6) is 0. The molecule has 1 aromatic heterocycles. The number of nitrogens with one attached hydrogen (secondary N) is 1. The molecule has 0 atom stereocenters. The Hall–Kier alpha value is -1.61. The Morgan fingerprint density at radius 1 is 1.10 bits per heavy atom. The Morgan fingerprint density at radius 2 is 1.81 bits per heavy atom. The Morgan fingerprint density at radius 3 is 2.43 bits per heavy atom. The molecule has 0 radical (unpaired) electrons. The van der Waals surface area contributed by atoms with Gasteiger partial charge in [-0.2, -0.15) is 5.10 Å². The molecule has 0 amide bonds. The van der Waals surface area contributed by atoms with Crippen molar-refractivity contribution in [2.75, 3.05) is 13.1 Å². The molecule has 0 saturated carbocycles. The van der Waals surface area contributed by atoms with Gasteiger partial charge in [-0.1, -0.05) is 38.1 Å². The molecule has 1 N–H and O–H groups in total. The van der Waals surface area contributed by atoms with Crippen LogP contribution in [-0.2, 0) is 19.4 Å². The molecular formula is C18H27N3. The predicted octanol–water partition coefficient (Wildman–Crippen LogP) is 3.26. The van der Waals surface area contributed by atoms with Gasteiger partial charge in [0.2, 0.25) is 0 Å². The van der Waals surface area contributed by atoms with E-state index in [-0.39, 0.29) is 0 Å². The van der Waals surface area contributed by atoms with Crippen LogP contribution in [0.1, 0.15) is 41.9 Å². The van der Waals surface area contributed by atoms with E-state index in [1.807, 2.05) is 0 Å². The molecule has 0 spiro atoms. The standard InChI is InChI=1S/C18H27N3/c1-5-18-14(3)20-21(15(18)4)13-17-10-8-7-9-16(17)11-12-19-6-2/h7-10,19H,5-6,11-13H2,1-4H3. The fourth-order valence-electron chi connectivity index (χ4n) is 2.92. The lowest BCUT2D eigenvalue weighted by Gasteiger charge is -2.11. The smallest absolute Gasteiger partial charge is 0.0665 e. The summed E-state index contributed by atoms with van der Waals surface area (Å²) in [7, 11) is 0. The van der Waals surface area contributed by atoms with Crippen molar-refractivity contribution < 1.29 is 0 Å². The lowest BCUT2D eigenvalue weighted by Crippen LogP contribution is -2.17. The van der Waals surface area contributed by atoms with Gasteiger partial charge in [-0.3, -0.25) is 4.68 Å². The van der Waals surface area contributed by atoms with Gasteiger partial charge in [0.05, 0.1) is 12.2 Å². The number of likely N-dealkylation sites (N-methyl/N-ethyl adjacent to an activating group) is 1. The summed E-state index contributed by atoms with van der Waals surface area (Å²) >= 11 is 0. The van der Waals surface area contributed by atoms with Crippen molar-refractivity contribution in [2.24, 2.45) is 0 Å². The second kappa shape index (κ2) is 7.41. The van der Waals surface area contributed by atoms with Gasteiger partial charge >= 0.3 is 0 Å². The number of benzene rings is 1. The molecule has 0 bridgehead atoms. The molecule has 0 saturated heterocycles. The highest BCUT2D eigenvalue weighted by atomic mass is 15.3. The highest BCUT2D eigenvalue weighted by Gasteiger charge is 2.11. The molecule has 0 aliphatic heterocycles. The minimum absolute atomic E-state index is 0.870. The van der Waals surface area contributed by atoms with Crippen molar-refractivity contribution in [2.45, 2.75) is 47.1 Å². The van der Waals surface area contributed by atoms with Crippen LogP contribution < -0.4 is 5.32 Å². The lowest BCUT2D eigenvalue weighted by atomic mass is 10.0. The second-order valence-corrected chi connectivity index (χ2v) is 5.53. The maximum absolute atomic E-state index is 4.71. The zero-order valence-electron chi connectivity index (χ0n) is 13.7. The average molecular weight is 285 g/mol. The fourth-order valence-corrected chi connectivity index (χ4v) is 2.92. The van der Waals surface area contributed by atoms with Crippen LogP contribution in [0.5, 0.6) is 0 Å². The summed E-state index contributed by atoms with van der Waals surface area (Å²) < 4.78 is 2.15. The lowest BCUT2D eigenvalue weighted by molar-refractivity contribution is 0.648. The first-order valence-electron chi connectivity index (χ1n) is 7.97. The number of hydrogen-bond donors (Lipinski definition) is 1. The number of nitrogens with zero attached hydrogens (tertiary/aromatic N) is 2. The van der Waals surface area contributed by atoms with E-state index in [4.69, 9.17) is 5.10 Å². The predicted molar refractivity (Wildman–Crippen MR) is 88.9 cm³/mol. The van der Waals surface area contributed by atoms with Crippen LogP contribution in [0, 0.1) is 13.8 Å². The molecule has 114 valence electrons. The molecule has 0 aliphatic carbocycles. The van der Waals surface area contributed by atoms with Crippen LogP contribution in [0.15, 0.2) is 24.3 Å². The first-order chi connectivity index (χ1) is 10.2. The third-order valence-corrected chi connectivity index (χ3v) is 4.14. The largest absolute Gasteiger partial charge is 0.317 e. The molecule has 0 fully saturated rings. The van der Waals surface area contributed by atoms with Crippen LogP contribution in [0.3, 0.4) is 0 Å². The fraction of sp³-hybridized carbons (Fsp3) is 0.500. The molecule has 21 heavy (non-hydrogen) atoms. The molecule has 1 aromatic carbocycles. The van der Waals surface area contributed by atoms with Crippen LogP contribution in [0.4, 0.5) is 0 Å². The molecule has 0 aliphatic rings. The molecule has 3 heteroatoms. The van der Waals surface area contributed by atoms with E-state index >= 15 is 0 Å². The van der Waals surface area contributed by atoms with Crippen molar-refractivity contribution in [3.63, 3.8) is 0 Å². The minimum atomic E-state index is 0.870. The van der Waals surface area contributed by atoms with Crippen molar-refractivity contribution in [1.29, 1.82) is 0 Å². The summed E-state index contributed by atoms with van der Waals surface area (Å²) in [6.07, 6.45) is 2.13. The summed E-state index contributed by atoms with van der Waals surface area (Å²) in [5, 5.41) is 8.11. The first kappa shape index (κ1) is 15.8. The van der Waals surface area contributed by atoms with E-state index in [0.29, 0.717) is 0 Å². The van der Waals surface area contributed by atoms with Gasteiger partial charge in [0.15, 0.2) is 0 Å². The summed E-state index contributed by atoms with van der Waals surface area (Å²) in [6, 6.07) is 8.71. The minimum Gasteiger partial charge on any atom is -0.317 e. The first-order valence-corrected chi connectivity index (χ1v) is 7.97. The Balaban J connectivity index is 2.19. The number of aryl methyl sites for hydroxylation is 1. The van der Waals surface area contributed by atoms with Crippen molar-refractivity contribution in [3.05, 3.63) is 52.3 Å². The molecule has 2 rings (SSSR count). The van der Waals surface area contributed by atoms with E-state index in [9.17, 15) is 0 Å². The van der Waals surface area contributed by atoms with Gasteiger partial charge in [-0.15, -0.1) is 0 Å². The van der Waals surface area contributed by atoms with Gasteiger partial charge in [0.1, 0.15) is 0 Å². The van der Waals surface area contributed by atoms with Crippen molar-refractivity contribution in [3.8, 4) is 0 Å². The Labute approximate surface area is 128 Å². The van der Waals surface area contributed by atoms with Gasteiger partial charge in [-0.25, -0.2) is 0 Å². The van der Waals surface area contributed by atoms with Crippen LogP contribution in [0.2, 0.25) is 0 Å². The Kier molecular flexibility index (Phi) is 5.57. The third-order valence-electron chi connectivity index (χ3n) is 4.14. The highest BCUT2D eigenvalue weighted by molar-refractivity contribution is 5.30. The van der Waals surface area contributed by atoms with Gasteiger partial charge in [0, 0.05) is 5.69 Å². The van der Waals surface area contributed by atoms with Gasteiger partial charge in [-0.05, 0) is 56.5 Å². The summed E-state index contributed by atoms with van der Waals surface area (Å²) in [6.45, 7) is 11.6. The normalized spacial score (nSPS) is 11.0. The third kappa shape index (κ3) is 3.73. The van der Waals surface area contributed by atoms with Crippen LogP contribution in [0.25, 0.3) is 0 Å². The zero-order valence-corrected chi connectivity index (χ0v) is 13.7. The average Bonchev–Trinajstić information content (AvgIpc) is 2.75. The van der Waals surface area contributed by atoms with Crippen LogP contribution >= 0.6 is 0 Å². The molecule has 0 unspecified atom stereocenters. The van der Waals surface area contributed by atoms with E-state index in [1.165, 1.54) is 28.1 Å². The van der Waals surface area contributed by atoms with E-state index in [1.54, 1.807) is 0 Å². The second-order valence-electron chi connectivity index (χ2n) is 5.53. The Bertz CT molecular complexity index is 584. The monoisotopic (exact) mass is 285 g/mol. The van der Waals surface area contributed by atoms with Crippen LogP contribution in [-0.4, -0.2) is 22.9 Å². The highest BCUT2D eigenvalue weighted by Crippen LogP contribution is 2.17. The van der Waals surface area contributed by atoms with E-state index in [0.717, 1.165) is 32.5 Å². The maximum atomic E-state index is 4.71.